The molecule has 0 bridgehead atoms. The molecular weight excluding hydrogens is 399 g/mol. The Kier molecular flexibility index (Phi) is 6.72. The quantitative estimate of drug-likeness (QED) is 0.358. The van der Waals surface area contributed by atoms with Gasteiger partial charge in [0.2, 0.25) is 5.16 Å². The molecule has 0 fully saturated rings. The molecule has 2 aromatic carbocycles. The molecule has 3 rings (SSSR count). The van der Waals surface area contributed by atoms with E-state index in [0.29, 0.717) is 21.0 Å². The molecule has 0 aliphatic heterocycles. The van der Waals surface area contributed by atoms with Crippen LogP contribution in [-0.2, 0) is 5.75 Å². The van der Waals surface area contributed by atoms with Crippen molar-refractivity contribution in [1.82, 2.24) is 14.9 Å². The van der Waals surface area contributed by atoms with Crippen molar-refractivity contribution in [3.05, 3.63) is 81.1 Å². The number of rotatable bonds is 6. The summed E-state index contributed by atoms with van der Waals surface area (Å²) in [5.74, 6) is 1.38. The van der Waals surface area contributed by atoms with Gasteiger partial charge in [-0.05, 0) is 42.7 Å². The van der Waals surface area contributed by atoms with Crippen LogP contribution < -0.4 is 0 Å². The van der Waals surface area contributed by atoms with Crippen LogP contribution in [0.15, 0.2) is 64.4 Å². The first-order valence-electron chi connectivity index (χ1n) is 8.29. The van der Waals surface area contributed by atoms with Gasteiger partial charge >= 0.3 is 0 Å². The fraction of sp³-hybridized carbons (Fsp3) is 0.150. The molecule has 0 aliphatic rings. The highest BCUT2D eigenvalue weighted by atomic mass is 35.5. The smallest absolute Gasteiger partial charge is 0.192 e. The predicted molar refractivity (Wildman–Crippen MR) is 115 cm³/mol. The first-order valence-corrected chi connectivity index (χ1v) is 10.0. The molecule has 0 aliphatic carbocycles. The molecule has 1 aromatic heterocycles. The highest BCUT2D eigenvalue weighted by Crippen LogP contribution is 2.28. The zero-order chi connectivity index (χ0) is 19.2. The molecule has 0 radical (unpaired) electrons. The van der Waals surface area contributed by atoms with Crippen molar-refractivity contribution >= 4 is 47.3 Å². The molecule has 27 heavy (non-hydrogen) atoms. The van der Waals surface area contributed by atoms with Gasteiger partial charge in [-0.3, -0.25) is 0 Å². The monoisotopic (exact) mass is 416 g/mol. The maximum absolute atomic E-state index is 6.24. The lowest BCUT2D eigenvalue weighted by Gasteiger charge is -2.05. The average molecular weight is 417 g/mol. The minimum Gasteiger partial charge on any atom is -0.192 e. The molecule has 0 amide bonds. The molecule has 138 valence electrons. The summed E-state index contributed by atoms with van der Waals surface area (Å²) in [6.07, 6.45) is 3.88. The summed E-state index contributed by atoms with van der Waals surface area (Å²) < 4.78 is 1.73. The van der Waals surface area contributed by atoms with Crippen LogP contribution in [0, 0.1) is 6.92 Å². The van der Waals surface area contributed by atoms with E-state index in [2.05, 4.69) is 33.5 Å². The SMILES string of the molecule is CC(/C=N\n1c(C)nnc1SCc1ccc(Cl)cc1Cl)=C/c1ccccc1. The lowest BCUT2D eigenvalue weighted by molar-refractivity contribution is 0.744. The fourth-order valence-electron chi connectivity index (χ4n) is 2.34. The summed E-state index contributed by atoms with van der Waals surface area (Å²) >= 11 is 13.7. The van der Waals surface area contributed by atoms with Gasteiger partial charge in [-0.1, -0.05) is 77.4 Å². The largest absolute Gasteiger partial charge is 0.212 e. The number of thioether (sulfide) groups is 1. The third-order valence-electron chi connectivity index (χ3n) is 3.71. The summed E-state index contributed by atoms with van der Waals surface area (Å²) in [7, 11) is 0. The van der Waals surface area contributed by atoms with E-state index in [-0.39, 0.29) is 0 Å². The molecule has 0 saturated carbocycles. The van der Waals surface area contributed by atoms with Crippen molar-refractivity contribution in [3.63, 3.8) is 0 Å². The third-order valence-corrected chi connectivity index (χ3v) is 5.27. The first kappa shape index (κ1) is 19.7. The van der Waals surface area contributed by atoms with E-state index in [0.717, 1.165) is 22.5 Å². The Morgan fingerprint density at radius 2 is 1.93 bits per heavy atom. The van der Waals surface area contributed by atoms with E-state index in [1.807, 2.05) is 50.4 Å². The van der Waals surface area contributed by atoms with Crippen LogP contribution in [0.25, 0.3) is 6.08 Å². The highest BCUT2D eigenvalue weighted by Gasteiger charge is 2.10. The Hall–Kier alpha value is -2.08. The Balaban J connectivity index is 1.73. The number of nitrogens with zero attached hydrogens (tertiary/aromatic N) is 4. The number of benzene rings is 2. The summed E-state index contributed by atoms with van der Waals surface area (Å²) in [6, 6.07) is 15.6. The van der Waals surface area contributed by atoms with Crippen molar-refractivity contribution in [2.75, 3.05) is 0 Å². The van der Waals surface area contributed by atoms with E-state index < -0.39 is 0 Å². The van der Waals surface area contributed by atoms with E-state index in [4.69, 9.17) is 23.2 Å². The van der Waals surface area contributed by atoms with E-state index in [9.17, 15) is 0 Å². The van der Waals surface area contributed by atoms with Crippen molar-refractivity contribution in [2.45, 2.75) is 24.8 Å². The molecule has 1 heterocycles. The summed E-state index contributed by atoms with van der Waals surface area (Å²) in [5, 5.41) is 14.9. The van der Waals surface area contributed by atoms with Crippen molar-refractivity contribution < 1.29 is 0 Å². The molecule has 0 saturated heterocycles. The van der Waals surface area contributed by atoms with Crippen LogP contribution in [-0.4, -0.2) is 21.1 Å². The second-order valence-corrected chi connectivity index (χ2v) is 7.70. The lowest BCUT2D eigenvalue weighted by atomic mass is 10.1. The van der Waals surface area contributed by atoms with E-state index >= 15 is 0 Å². The number of allylic oxidation sites excluding steroid dienone is 1. The van der Waals surface area contributed by atoms with Crippen molar-refractivity contribution in [1.29, 1.82) is 0 Å². The van der Waals surface area contributed by atoms with Gasteiger partial charge in [-0.2, -0.15) is 9.78 Å². The van der Waals surface area contributed by atoms with Gasteiger partial charge in [0.05, 0.1) is 6.21 Å². The van der Waals surface area contributed by atoms with Gasteiger partial charge in [0.25, 0.3) is 0 Å². The van der Waals surface area contributed by atoms with Crippen LogP contribution in [0.2, 0.25) is 10.0 Å². The Morgan fingerprint density at radius 3 is 2.67 bits per heavy atom. The summed E-state index contributed by atoms with van der Waals surface area (Å²) in [5.41, 5.74) is 3.15. The fourth-order valence-corrected chi connectivity index (χ4v) is 3.83. The molecular formula is C20H18Cl2N4S. The molecule has 3 aromatic rings. The van der Waals surface area contributed by atoms with Gasteiger partial charge in [-0.15, -0.1) is 10.2 Å². The summed E-state index contributed by atoms with van der Waals surface area (Å²) in [6.45, 7) is 3.89. The predicted octanol–water partition coefficient (Wildman–Crippen LogP) is 6.12. The van der Waals surface area contributed by atoms with Gasteiger partial charge in [0, 0.05) is 15.8 Å². The zero-order valence-electron chi connectivity index (χ0n) is 14.9. The molecule has 4 nitrogen and oxygen atoms in total. The maximum Gasteiger partial charge on any atom is 0.212 e. The Morgan fingerprint density at radius 1 is 1.15 bits per heavy atom. The number of hydrogen-bond acceptors (Lipinski definition) is 4. The van der Waals surface area contributed by atoms with Crippen molar-refractivity contribution in [2.24, 2.45) is 5.10 Å². The minimum absolute atomic E-state index is 0.623. The number of aryl methyl sites for hydroxylation is 1. The van der Waals surface area contributed by atoms with E-state index in [1.165, 1.54) is 11.8 Å². The highest BCUT2D eigenvalue weighted by molar-refractivity contribution is 7.98. The van der Waals surface area contributed by atoms with Crippen molar-refractivity contribution in [3.8, 4) is 0 Å². The third kappa shape index (κ3) is 5.45. The summed E-state index contributed by atoms with van der Waals surface area (Å²) in [4.78, 5) is 0. The van der Waals surface area contributed by atoms with Crippen LogP contribution >= 0.6 is 35.0 Å². The molecule has 0 atom stereocenters. The van der Waals surface area contributed by atoms with Gasteiger partial charge < -0.3 is 0 Å². The van der Waals surface area contributed by atoms with Crippen LogP contribution in [0.4, 0.5) is 0 Å². The van der Waals surface area contributed by atoms with E-state index in [1.54, 1.807) is 10.7 Å². The Bertz CT molecular complexity index is 981. The van der Waals surface area contributed by atoms with Crippen LogP contribution in [0.3, 0.4) is 0 Å². The molecule has 0 N–H and O–H groups in total. The average Bonchev–Trinajstić information content (AvgIpc) is 3.00. The maximum atomic E-state index is 6.24. The minimum atomic E-state index is 0.623. The number of halogens is 2. The van der Waals surface area contributed by atoms with Crippen LogP contribution in [0.1, 0.15) is 23.9 Å². The number of hydrogen-bond donors (Lipinski definition) is 0. The standard InChI is InChI=1S/C20H18Cl2N4S/c1-14(10-16-6-4-3-5-7-16)12-23-26-15(2)24-25-20(26)27-13-17-8-9-18(21)11-19(17)22/h3-12H,13H2,1-2H3/b14-10-,23-12-. The molecule has 0 unspecified atom stereocenters. The topological polar surface area (TPSA) is 43.1 Å². The number of aromatic nitrogens is 3. The van der Waals surface area contributed by atoms with Gasteiger partial charge in [-0.25, -0.2) is 0 Å². The van der Waals surface area contributed by atoms with Crippen LogP contribution in [0.5, 0.6) is 0 Å². The molecule has 7 heteroatoms. The normalized spacial score (nSPS) is 12.1. The van der Waals surface area contributed by atoms with Gasteiger partial charge in [0.15, 0.2) is 5.82 Å². The zero-order valence-corrected chi connectivity index (χ0v) is 17.3. The second kappa shape index (κ2) is 9.22. The molecule has 0 spiro atoms. The Labute approximate surface area is 172 Å². The van der Waals surface area contributed by atoms with Gasteiger partial charge in [0.1, 0.15) is 0 Å². The lowest BCUT2D eigenvalue weighted by Crippen LogP contribution is -1.96. The second-order valence-electron chi connectivity index (χ2n) is 5.91. The first-order chi connectivity index (χ1) is 13.0.